The number of amides is 2. The van der Waals surface area contributed by atoms with Crippen LogP contribution in [-0.4, -0.2) is 18.1 Å². The molecule has 1 aliphatic heterocycles. The third kappa shape index (κ3) is 3.07. The Bertz CT molecular complexity index is 751. The van der Waals surface area contributed by atoms with Gasteiger partial charge in [0.25, 0.3) is 0 Å². The Labute approximate surface area is 138 Å². The van der Waals surface area contributed by atoms with Crippen LogP contribution in [0.15, 0.2) is 41.0 Å². The maximum atomic E-state index is 13.4. The van der Waals surface area contributed by atoms with Crippen molar-refractivity contribution in [2.24, 2.45) is 0 Å². The lowest BCUT2D eigenvalue weighted by molar-refractivity contribution is -0.317. The van der Waals surface area contributed by atoms with Gasteiger partial charge in [-0.05, 0) is 24.3 Å². The van der Waals surface area contributed by atoms with E-state index < -0.39 is 18.1 Å². The van der Waals surface area contributed by atoms with Crippen molar-refractivity contribution in [1.82, 2.24) is 10.6 Å². The first-order chi connectivity index (χ1) is 11.3. The van der Waals surface area contributed by atoms with Crippen molar-refractivity contribution in [3.8, 4) is 11.5 Å². The molecule has 0 spiro atoms. The lowest BCUT2D eigenvalue weighted by atomic mass is 10.3. The fourth-order valence-corrected chi connectivity index (χ4v) is 2.15. The average Bonchev–Trinajstić information content (AvgIpc) is 3.11. The smallest absolute Gasteiger partial charge is 0.467 e. The monoisotopic (exact) mass is 362 g/mol. The maximum Gasteiger partial charge on any atom is 0.492 e. The summed E-state index contributed by atoms with van der Waals surface area (Å²) < 4.78 is 54.8. The van der Waals surface area contributed by atoms with Gasteiger partial charge < -0.3 is 19.2 Å². The summed E-state index contributed by atoms with van der Waals surface area (Å²) in [5.74, 6) is -3.39. The number of rotatable bonds is 3. The number of hydrogen-bond acceptors (Lipinski definition) is 4. The first-order valence-corrected chi connectivity index (χ1v) is 6.99. The highest BCUT2D eigenvalue weighted by molar-refractivity contribution is 6.30. The minimum absolute atomic E-state index is 0.106. The van der Waals surface area contributed by atoms with E-state index in [-0.39, 0.29) is 23.1 Å². The first kappa shape index (κ1) is 16.3. The molecule has 1 atom stereocenters. The molecule has 0 aliphatic carbocycles. The summed E-state index contributed by atoms with van der Waals surface area (Å²) in [7, 11) is 0. The molecule has 1 aromatic carbocycles. The molecule has 3 rings (SSSR count). The number of urea groups is 1. The Morgan fingerprint density at radius 1 is 1.21 bits per heavy atom. The molecule has 0 fully saturated rings. The number of carbonyl (C=O) groups excluding carboxylic acids is 1. The van der Waals surface area contributed by atoms with E-state index in [0.29, 0.717) is 5.76 Å². The summed E-state index contributed by atoms with van der Waals surface area (Å²) >= 11 is 5.72. The van der Waals surface area contributed by atoms with Crippen molar-refractivity contribution in [3.63, 3.8) is 0 Å². The topological polar surface area (TPSA) is 72.7 Å². The van der Waals surface area contributed by atoms with Crippen LogP contribution in [-0.2, 0) is 6.54 Å². The minimum Gasteiger partial charge on any atom is -0.467 e. The fourth-order valence-electron chi connectivity index (χ4n) is 1.99. The van der Waals surface area contributed by atoms with Gasteiger partial charge in [-0.15, -0.1) is 0 Å². The molecule has 6 nitrogen and oxygen atoms in total. The lowest BCUT2D eigenvalue weighted by Crippen LogP contribution is -2.66. The standard InChI is InChI=1S/C14H10ClF3N2O4/c15-8-3-4-10-11(6-8)24-14(23-10,13(16,17)18)20-12(21)19-7-9-2-1-5-22-9/h1-6H,7H2,(H2,19,20,21)/t14-/m1/s1. The van der Waals surface area contributed by atoms with Crippen molar-refractivity contribution in [1.29, 1.82) is 0 Å². The van der Waals surface area contributed by atoms with E-state index in [1.165, 1.54) is 18.4 Å². The van der Waals surface area contributed by atoms with Crippen molar-refractivity contribution < 1.29 is 31.9 Å². The Hall–Kier alpha value is -2.55. The second kappa shape index (κ2) is 5.82. The van der Waals surface area contributed by atoms with Crippen LogP contribution < -0.4 is 20.1 Å². The van der Waals surface area contributed by atoms with E-state index >= 15 is 0 Å². The average molecular weight is 363 g/mol. The van der Waals surface area contributed by atoms with Crippen LogP contribution in [0.4, 0.5) is 18.0 Å². The van der Waals surface area contributed by atoms with Gasteiger partial charge in [-0.1, -0.05) is 11.6 Å². The van der Waals surface area contributed by atoms with Crippen molar-refractivity contribution in [2.45, 2.75) is 18.6 Å². The number of furan rings is 1. The molecular formula is C14H10ClF3N2O4. The van der Waals surface area contributed by atoms with E-state index in [1.54, 1.807) is 17.4 Å². The van der Waals surface area contributed by atoms with Crippen molar-refractivity contribution in [2.75, 3.05) is 0 Å². The summed E-state index contributed by atoms with van der Waals surface area (Å²) in [6.45, 7) is -0.106. The van der Waals surface area contributed by atoms with Crippen LogP contribution >= 0.6 is 11.6 Å². The highest BCUT2D eigenvalue weighted by Crippen LogP contribution is 2.45. The number of carbonyl (C=O) groups is 1. The summed E-state index contributed by atoms with van der Waals surface area (Å²) in [4.78, 5) is 11.8. The summed E-state index contributed by atoms with van der Waals surface area (Å²) in [5, 5.41) is 4.04. The summed E-state index contributed by atoms with van der Waals surface area (Å²) in [6, 6.07) is 5.70. The molecule has 2 aromatic rings. The first-order valence-electron chi connectivity index (χ1n) is 6.62. The molecule has 1 aliphatic rings. The molecule has 0 unspecified atom stereocenters. The Balaban J connectivity index is 1.75. The lowest BCUT2D eigenvalue weighted by Gasteiger charge is -2.29. The van der Waals surface area contributed by atoms with Gasteiger partial charge in [0.05, 0.1) is 12.8 Å². The van der Waals surface area contributed by atoms with Gasteiger partial charge in [-0.2, -0.15) is 13.2 Å². The van der Waals surface area contributed by atoms with Gasteiger partial charge >= 0.3 is 18.1 Å². The zero-order valence-corrected chi connectivity index (χ0v) is 12.6. The van der Waals surface area contributed by atoms with Gasteiger partial charge in [0.15, 0.2) is 11.5 Å². The molecule has 24 heavy (non-hydrogen) atoms. The molecule has 0 bridgehead atoms. The Morgan fingerprint density at radius 2 is 1.96 bits per heavy atom. The van der Waals surface area contributed by atoms with Gasteiger partial charge in [-0.25, -0.2) is 4.79 Å². The molecule has 2 N–H and O–H groups in total. The Morgan fingerprint density at radius 3 is 2.62 bits per heavy atom. The molecular weight excluding hydrogens is 353 g/mol. The molecule has 10 heteroatoms. The molecule has 2 amide bonds. The zero-order chi connectivity index (χ0) is 17.4. The van der Waals surface area contributed by atoms with E-state index in [1.807, 2.05) is 0 Å². The van der Waals surface area contributed by atoms with E-state index in [2.05, 4.69) is 5.32 Å². The summed E-state index contributed by atoms with van der Waals surface area (Å²) in [6.07, 6.45) is -3.67. The highest BCUT2D eigenvalue weighted by atomic mass is 35.5. The van der Waals surface area contributed by atoms with E-state index in [4.69, 9.17) is 25.5 Å². The normalized spacial score (nSPS) is 19.2. The van der Waals surface area contributed by atoms with Crippen LogP contribution in [0, 0.1) is 0 Å². The molecule has 1 aromatic heterocycles. The number of ether oxygens (including phenoxy) is 2. The third-order valence-corrected chi connectivity index (χ3v) is 3.30. The van der Waals surface area contributed by atoms with Crippen LogP contribution in [0.25, 0.3) is 0 Å². The van der Waals surface area contributed by atoms with Crippen LogP contribution in [0.5, 0.6) is 11.5 Å². The fraction of sp³-hybridized carbons (Fsp3) is 0.214. The van der Waals surface area contributed by atoms with Crippen LogP contribution in [0.1, 0.15) is 5.76 Å². The van der Waals surface area contributed by atoms with Gasteiger partial charge in [0.1, 0.15) is 5.76 Å². The molecule has 0 radical (unpaired) electrons. The summed E-state index contributed by atoms with van der Waals surface area (Å²) in [5.41, 5.74) is 0. The van der Waals surface area contributed by atoms with Crippen molar-refractivity contribution >= 4 is 17.6 Å². The van der Waals surface area contributed by atoms with Gasteiger partial charge in [0, 0.05) is 11.1 Å². The van der Waals surface area contributed by atoms with Gasteiger partial charge in [0.2, 0.25) is 0 Å². The van der Waals surface area contributed by atoms with Crippen LogP contribution in [0.3, 0.4) is 0 Å². The number of alkyl halides is 3. The van der Waals surface area contributed by atoms with Crippen molar-refractivity contribution in [3.05, 3.63) is 47.4 Å². The van der Waals surface area contributed by atoms with Gasteiger partial charge in [-0.3, -0.25) is 5.32 Å². The predicted molar refractivity (Wildman–Crippen MR) is 75.6 cm³/mol. The predicted octanol–water partition coefficient (Wildman–Crippen LogP) is 3.42. The Kier molecular flexibility index (Phi) is 3.96. The molecule has 128 valence electrons. The number of nitrogens with one attached hydrogen (secondary N) is 2. The molecule has 0 saturated heterocycles. The second-order valence-corrected chi connectivity index (χ2v) is 5.23. The zero-order valence-electron chi connectivity index (χ0n) is 11.8. The SMILES string of the molecule is O=C(NCc1ccco1)N[C@]1(C(F)(F)F)Oc2ccc(Cl)cc2O1. The largest absolute Gasteiger partial charge is 0.492 e. The second-order valence-electron chi connectivity index (χ2n) is 4.80. The van der Waals surface area contributed by atoms with E-state index in [9.17, 15) is 18.0 Å². The molecule has 2 heterocycles. The number of fused-ring (bicyclic) bond motifs is 1. The number of hydrogen-bond donors (Lipinski definition) is 2. The maximum absolute atomic E-state index is 13.4. The van der Waals surface area contributed by atoms with E-state index in [0.717, 1.165) is 6.07 Å². The highest BCUT2D eigenvalue weighted by Gasteiger charge is 2.65. The minimum atomic E-state index is -5.04. The number of benzene rings is 1. The number of halogens is 4. The quantitative estimate of drug-likeness (QED) is 0.877. The van der Waals surface area contributed by atoms with Crippen LogP contribution in [0.2, 0.25) is 5.02 Å². The molecule has 0 saturated carbocycles. The third-order valence-electron chi connectivity index (χ3n) is 3.07.